The molecule has 6 nitrogen and oxygen atoms in total. The van der Waals surface area contributed by atoms with Gasteiger partial charge < -0.3 is 0 Å². The van der Waals surface area contributed by atoms with Gasteiger partial charge >= 0.3 is 0 Å². The highest BCUT2D eigenvalue weighted by atomic mass is 32.2. The summed E-state index contributed by atoms with van der Waals surface area (Å²) in [6.45, 7) is 0. The largest absolute Gasteiger partial charge is 0.298 e. The van der Waals surface area contributed by atoms with Crippen LogP contribution in [0.5, 0.6) is 0 Å². The third kappa shape index (κ3) is 2.77. The summed E-state index contributed by atoms with van der Waals surface area (Å²) in [7, 11) is -3.29. The minimum absolute atomic E-state index is 0.498. The van der Waals surface area contributed by atoms with Gasteiger partial charge in [0.05, 0.1) is 23.7 Å². The monoisotopic (exact) mass is 312 g/mol. The SMILES string of the molecule is CS(=O)(=O)Nc1ccc(-c2cnc3ccc(C#N)cn23)cc1. The molecule has 0 unspecified atom stereocenters. The first-order valence-corrected chi connectivity index (χ1v) is 8.31. The first kappa shape index (κ1) is 14.1. The Morgan fingerprint density at radius 3 is 2.55 bits per heavy atom. The van der Waals surface area contributed by atoms with Crippen LogP contribution in [0.15, 0.2) is 48.8 Å². The Bertz CT molecular complexity index is 983. The van der Waals surface area contributed by atoms with E-state index in [1.807, 2.05) is 4.40 Å². The number of benzene rings is 1. The highest BCUT2D eigenvalue weighted by molar-refractivity contribution is 7.92. The van der Waals surface area contributed by atoms with Crippen LogP contribution in [0, 0.1) is 11.3 Å². The Labute approximate surface area is 127 Å². The average Bonchev–Trinajstić information content (AvgIpc) is 2.89. The molecule has 1 N–H and O–H groups in total. The summed E-state index contributed by atoms with van der Waals surface area (Å²) in [6, 6.07) is 12.6. The molecule has 110 valence electrons. The number of anilines is 1. The molecular weight excluding hydrogens is 300 g/mol. The summed E-state index contributed by atoms with van der Waals surface area (Å²) in [5, 5.41) is 8.99. The molecule has 0 saturated carbocycles. The minimum Gasteiger partial charge on any atom is -0.298 e. The van der Waals surface area contributed by atoms with E-state index in [0.29, 0.717) is 11.3 Å². The third-order valence-corrected chi connectivity index (χ3v) is 3.73. The van der Waals surface area contributed by atoms with Crippen LogP contribution in [0.2, 0.25) is 0 Å². The van der Waals surface area contributed by atoms with Crippen LogP contribution < -0.4 is 4.72 Å². The van der Waals surface area contributed by atoms with Gasteiger partial charge in [-0.15, -0.1) is 0 Å². The summed E-state index contributed by atoms with van der Waals surface area (Å²) in [4.78, 5) is 4.29. The number of nitrogens with one attached hydrogen (secondary N) is 1. The smallest absolute Gasteiger partial charge is 0.229 e. The minimum atomic E-state index is -3.29. The predicted octanol–water partition coefficient (Wildman–Crippen LogP) is 2.24. The van der Waals surface area contributed by atoms with E-state index in [0.717, 1.165) is 23.2 Å². The van der Waals surface area contributed by atoms with E-state index < -0.39 is 10.0 Å². The number of pyridine rings is 1. The van der Waals surface area contributed by atoms with E-state index in [1.54, 1.807) is 48.8 Å². The molecule has 0 atom stereocenters. The van der Waals surface area contributed by atoms with E-state index in [1.165, 1.54) is 0 Å². The molecule has 1 aromatic carbocycles. The molecule has 0 spiro atoms. The lowest BCUT2D eigenvalue weighted by Crippen LogP contribution is -2.09. The van der Waals surface area contributed by atoms with Gasteiger partial charge in [0, 0.05) is 17.4 Å². The van der Waals surface area contributed by atoms with E-state index >= 15 is 0 Å². The molecule has 0 amide bonds. The van der Waals surface area contributed by atoms with Gasteiger partial charge in [-0.3, -0.25) is 9.12 Å². The maximum atomic E-state index is 11.2. The Morgan fingerprint density at radius 2 is 1.91 bits per heavy atom. The lowest BCUT2D eigenvalue weighted by molar-refractivity contribution is 0.607. The number of fused-ring (bicyclic) bond motifs is 1. The van der Waals surface area contributed by atoms with Crippen molar-refractivity contribution in [3.05, 3.63) is 54.4 Å². The van der Waals surface area contributed by atoms with Crippen molar-refractivity contribution in [2.75, 3.05) is 11.0 Å². The topological polar surface area (TPSA) is 87.3 Å². The third-order valence-electron chi connectivity index (χ3n) is 3.12. The molecule has 0 aliphatic heterocycles. The van der Waals surface area contributed by atoms with Gasteiger partial charge in [0.15, 0.2) is 0 Å². The van der Waals surface area contributed by atoms with Crippen LogP contribution in [-0.4, -0.2) is 24.1 Å². The van der Waals surface area contributed by atoms with Crippen molar-refractivity contribution in [2.24, 2.45) is 0 Å². The zero-order chi connectivity index (χ0) is 15.7. The van der Waals surface area contributed by atoms with Gasteiger partial charge in [-0.25, -0.2) is 13.4 Å². The molecule has 22 heavy (non-hydrogen) atoms. The fourth-order valence-corrected chi connectivity index (χ4v) is 2.75. The molecule has 2 aromatic heterocycles. The standard InChI is InChI=1S/C15H12N4O2S/c1-22(20,21)18-13-5-3-12(4-6-13)14-9-17-15-7-2-11(8-16)10-19(14)15/h2-7,9-10,18H,1H3. The van der Waals surface area contributed by atoms with Crippen molar-refractivity contribution in [2.45, 2.75) is 0 Å². The Kier molecular flexibility index (Phi) is 3.31. The number of sulfonamides is 1. The van der Waals surface area contributed by atoms with E-state index in [9.17, 15) is 8.42 Å². The van der Waals surface area contributed by atoms with Crippen LogP contribution in [-0.2, 0) is 10.0 Å². The highest BCUT2D eigenvalue weighted by Crippen LogP contribution is 2.23. The number of hydrogen-bond donors (Lipinski definition) is 1. The van der Waals surface area contributed by atoms with Crippen LogP contribution in [0.1, 0.15) is 5.56 Å². The normalized spacial score (nSPS) is 11.3. The molecule has 0 fully saturated rings. The van der Waals surface area contributed by atoms with E-state index in [-0.39, 0.29) is 0 Å². The van der Waals surface area contributed by atoms with Crippen LogP contribution >= 0.6 is 0 Å². The molecule has 3 rings (SSSR count). The van der Waals surface area contributed by atoms with Crippen molar-refractivity contribution in [1.29, 1.82) is 5.26 Å². The summed E-state index contributed by atoms with van der Waals surface area (Å²) in [5.74, 6) is 0. The number of aromatic nitrogens is 2. The fourth-order valence-electron chi connectivity index (χ4n) is 2.18. The number of rotatable bonds is 3. The second-order valence-electron chi connectivity index (χ2n) is 4.85. The zero-order valence-electron chi connectivity index (χ0n) is 11.7. The van der Waals surface area contributed by atoms with Crippen molar-refractivity contribution >= 4 is 21.4 Å². The number of nitrogens with zero attached hydrogens (tertiary/aromatic N) is 3. The van der Waals surface area contributed by atoms with Crippen molar-refractivity contribution in [3.63, 3.8) is 0 Å². The highest BCUT2D eigenvalue weighted by Gasteiger charge is 2.07. The molecule has 2 heterocycles. The fraction of sp³-hybridized carbons (Fsp3) is 0.0667. The lowest BCUT2D eigenvalue weighted by atomic mass is 10.1. The summed E-state index contributed by atoms with van der Waals surface area (Å²) < 4.78 is 26.7. The van der Waals surface area contributed by atoms with Crippen molar-refractivity contribution < 1.29 is 8.42 Å². The first-order chi connectivity index (χ1) is 10.5. The second kappa shape index (κ2) is 5.16. The Morgan fingerprint density at radius 1 is 1.18 bits per heavy atom. The van der Waals surface area contributed by atoms with Gasteiger partial charge in [-0.05, 0) is 24.3 Å². The summed E-state index contributed by atoms with van der Waals surface area (Å²) >= 11 is 0. The zero-order valence-corrected chi connectivity index (χ0v) is 12.5. The number of nitriles is 1. The number of imidazole rings is 1. The molecule has 0 radical (unpaired) electrons. The number of hydrogen-bond acceptors (Lipinski definition) is 4. The Balaban J connectivity index is 2.03. The molecule has 0 saturated heterocycles. The lowest BCUT2D eigenvalue weighted by Gasteiger charge is -2.06. The van der Waals surface area contributed by atoms with Gasteiger partial charge in [-0.1, -0.05) is 12.1 Å². The Hall–Kier alpha value is -2.85. The molecular formula is C15H12N4O2S. The van der Waals surface area contributed by atoms with Gasteiger partial charge in [0.2, 0.25) is 10.0 Å². The molecule has 0 bridgehead atoms. The van der Waals surface area contributed by atoms with Gasteiger partial charge in [0.1, 0.15) is 11.7 Å². The predicted molar refractivity (Wildman–Crippen MR) is 83.8 cm³/mol. The molecule has 0 aliphatic rings. The van der Waals surface area contributed by atoms with Gasteiger partial charge in [-0.2, -0.15) is 5.26 Å². The van der Waals surface area contributed by atoms with Crippen LogP contribution in [0.3, 0.4) is 0 Å². The van der Waals surface area contributed by atoms with E-state index in [4.69, 9.17) is 5.26 Å². The quantitative estimate of drug-likeness (QED) is 0.803. The summed E-state index contributed by atoms with van der Waals surface area (Å²) in [5.41, 5.74) is 3.49. The van der Waals surface area contributed by atoms with Crippen molar-refractivity contribution in [3.8, 4) is 17.3 Å². The van der Waals surface area contributed by atoms with Crippen LogP contribution in [0.25, 0.3) is 16.9 Å². The van der Waals surface area contributed by atoms with Crippen molar-refractivity contribution in [1.82, 2.24) is 9.38 Å². The molecule has 3 aromatic rings. The maximum Gasteiger partial charge on any atom is 0.229 e. The van der Waals surface area contributed by atoms with E-state index in [2.05, 4.69) is 15.8 Å². The average molecular weight is 312 g/mol. The van der Waals surface area contributed by atoms with Crippen LogP contribution in [0.4, 0.5) is 5.69 Å². The molecule has 0 aliphatic carbocycles. The molecule has 7 heteroatoms. The van der Waals surface area contributed by atoms with Gasteiger partial charge in [0.25, 0.3) is 0 Å². The second-order valence-corrected chi connectivity index (χ2v) is 6.60. The maximum absolute atomic E-state index is 11.2. The summed E-state index contributed by atoms with van der Waals surface area (Å²) in [6.07, 6.45) is 4.55. The first-order valence-electron chi connectivity index (χ1n) is 6.42.